The third-order valence-corrected chi connectivity index (χ3v) is 5.75. The second-order valence-corrected chi connectivity index (χ2v) is 6.82. The van der Waals surface area contributed by atoms with E-state index in [1.807, 2.05) is 6.07 Å². The highest BCUT2D eigenvalue weighted by atomic mass is 16.2. The molecule has 3 aliphatic carbocycles. The summed E-state index contributed by atoms with van der Waals surface area (Å²) in [6.07, 6.45) is 3.76. The van der Waals surface area contributed by atoms with E-state index in [2.05, 4.69) is 10.2 Å². The molecule has 1 aliphatic heterocycles. The maximum Gasteiger partial charge on any atom is 0.238 e. The van der Waals surface area contributed by atoms with Crippen LogP contribution in [-0.4, -0.2) is 27.8 Å². The topological polar surface area (TPSA) is 83.1 Å². The van der Waals surface area contributed by atoms with E-state index in [9.17, 15) is 14.4 Å². The van der Waals surface area contributed by atoms with Crippen LogP contribution in [0, 0.1) is 23.7 Å². The fraction of sp³-hybridized carbons (Fsp3) is 0.412. The average Bonchev–Trinajstić information content (AvgIpc) is 3.11. The number of hydrogen-bond acceptors (Lipinski definition) is 4. The molecule has 4 fully saturated rings. The van der Waals surface area contributed by atoms with Gasteiger partial charge in [0.1, 0.15) is 5.78 Å². The number of nitrogens with one attached hydrogen (secondary N) is 1. The highest BCUT2D eigenvalue weighted by molar-refractivity contribution is 6.24. The van der Waals surface area contributed by atoms with Crippen molar-refractivity contribution in [2.75, 3.05) is 4.90 Å². The Balaban J connectivity index is 1.60. The first kappa shape index (κ1) is 13.0. The van der Waals surface area contributed by atoms with Crippen molar-refractivity contribution in [2.45, 2.75) is 19.3 Å². The zero-order chi connectivity index (χ0) is 15.7. The second kappa shape index (κ2) is 4.28. The Morgan fingerprint density at radius 1 is 1.09 bits per heavy atom. The summed E-state index contributed by atoms with van der Waals surface area (Å²) in [5.74, 6) is -1.14. The first-order chi connectivity index (χ1) is 11.1. The van der Waals surface area contributed by atoms with Crippen LogP contribution in [0.5, 0.6) is 0 Å². The maximum atomic E-state index is 12.9. The van der Waals surface area contributed by atoms with Gasteiger partial charge in [-0.15, -0.1) is 0 Å². The molecule has 116 valence electrons. The lowest BCUT2D eigenvalue weighted by Crippen LogP contribution is -2.46. The number of carbonyl (C=O) groups is 3. The number of imide groups is 1. The molecule has 0 radical (unpaired) electrons. The van der Waals surface area contributed by atoms with E-state index in [0.29, 0.717) is 12.1 Å². The Morgan fingerprint density at radius 3 is 2.74 bits per heavy atom. The van der Waals surface area contributed by atoms with Gasteiger partial charge in [-0.25, -0.2) is 0 Å². The molecule has 2 amide bonds. The molecule has 1 aromatic heterocycles. The van der Waals surface area contributed by atoms with Gasteiger partial charge in [0.05, 0.1) is 29.2 Å². The average molecular weight is 309 g/mol. The summed E-state index contributed by atoms with van der Waals surface area (Å²) in [6.45, 7) is 0. The van der Waals surface area contributed by atoms with E-state index < -0.39 is 5.92 Å². The monoisotopic (exact) mass is 309 g/mol. The van der Waals surface area contributed by atoms with Crippen LogP contribution in [0.1, 0.15) is 19.3 Å². The van der Waals surface area contributed by atoms with Gasteiger partial charge in [-0.2, -0.15) is 5.10 Å². The summed E-state index contributed by atoms with van der Waals surface area (Å²) < 4.78 is 0. The minimum absolute atomic E-state index is 0.0385. The SMILES string of the molecule is O=C1C[C@H]2CC[C@@H]1[C@H]1C(=O)N(c3ccc4[nH]ncc4c3)C(=O)[C@@H]21. The van der Waals surface area contributed by atoms with Gasteiger partial charge in [0, 0.05) is 17.7 Å². The molecule has 0 unspecified atom stereocenters. The van der Waals surface area contributed by atoms with Crippen molar-refractivity contribution >= 4 is 34.2 Å². The molecular formula is C17H15N3O3. The lowest BCUT2D eigenvalue weighted by atomic mass is 9.59. The minimum atomic E-state index is -0.442. The molecule has 6 rings (SSSR count). The van der Waals surface area contributed by atoms with Crippen LogP contribution in [0.3, 0.4) is 0 Å². The van der Waals surface area contributed by atoms with Crippen molar-refractivity contribution in [2.24, 2.45) is 23.7 Å². The Morgan fingerprint density at radius 2 is 1.91 bits per heavy atom. The fourth-order valence-electron chi connectivity index (χ4n) is 4.71. The normalized spacial score (nSPS) is 32.9. The molecule has 23 heavy (non-hydrogen) atoms. The molecule has 2 heterocycles. The van der Waals surface area contributed by atoms with Gasteiger partial charge in [0.2, 0.25) is 11.8 Å². The predicted octanol–water partition coefficient (Wildman–Crippen LogP) is 1.67. The molecule has 1 saturated heterocycles. The van der Waals surface area contributed by atoms with Crippen molar-refractivity contribution in [3.05, 3.63) is 24.4 Å². The first-order valence-electron chi connectivity index (χ1n) is 7.99. The van der Waals surface area contributed by atoms with Gasteiger partial charge in [-0.05, 0) is 37.0 Å². The van der Waals surface area contributed by atoms with E-state index in [1.54, 1.807) is 18.3 Å². The summed E-state index contributed by atoms with van der Waals surface area (Å²) in [4.78, 5) is 39.2. The largest absolute Gasteiger partial charge is 0.299 e. The number of rotatable bonds is 1. The Bertz CT molecular complexity index is 871. The number of amides is 2. The molecule has 1 aromatic carbocycles. The lowest BCUT2D eigenvalue weighted by Gasteiger charge is -2.41. The number of anilines is 1. The van der Waals surface area contributed by atoms with Crippen LogP contribution in [0.25, 0.3) is 10.9 Å². The van der Waals surface area contributed by atoms with Crippen LogP contribution < -0.4 is 4.90 Å². The molecule has 4 aliphatic rings. The molecule has 6 nitrogen and oxygen atoms in total. The van der Waals surface area contributed by atoms with E-state index in [0.717, 1.165) is 23.7 Å². The number of H-pyrrole nitrogens is 1. The van der Waals surface area contributed by atoms with Crippen molar-refractivity contribution < 1.29 is 14.4 Å². The number of nitrogens with zero attached hydrogens (tertiary/aromatic N) is 2. The number of benzene rings is 1. The zero-order valence-electron chi connectivity index (χ0n) is 12.4. The number of Topliss-reactive ketones (excluding diaryl/α,β-unsaturated/α-hetero) is 1. The summed E-state index contributed by atoms with van der Waals surface area (Å²) in [7, 11) is 0. The summed E-state index contributed by atoms with van der Waals surface area (Å²) >= 11 is 0. The Hall–Kier alpha value is -2.50. The van der Waals surface area contributed by atoms with Crippen LogP contribution in [0.4, 0.5) is 5.69 Å². The number of aromatic amines is 1. The zero-order valence-corrected chi connectivity index (χ0v) is 12.4. The third-order valence-electron chi connectivity index (χ3n) is 5.75. The summed E-state index contributed by atoms with van der Waals surface area (Å²) in [5.41, 5.74) is 1.44. The van der Waals surface area contributed by atoms with E-state index in [1.165, 1.54) is 4.90 Å². The second-order valence-electron chi connectivity index (χ2n) is 6.82. The first-order valence-corrected chi connectivity index (χ1v) is 7.99. The number of fused-ring (bicyclic) bond motifs is 3. The third kappa shape index (κ3) is 1.58. The van der Waals surface area contributed by atoms with Crippen LogP contribution >= 0.6 is 0 Å². The fourth-order valence-corrected chi connectivity index (χ4v) is 4.71. The maximum absolute atomic E-state index is 12.9. The summed E-state index contributed by atoms with van der Waals surface area (Å²) in [6, 6.07) is 5.38. The molecule has 3 saturated carbocycles. The standard InChI is InChI=1S/C17H15N3O3/c21-13-6-8-1-3-11(13)15-14(8)16(22)20(17(15)23)10-2-4-12-9(5-10)7-18-19-12/h2,4-5,7-8,11,14-15H,1,3,6H2,(H,18,19)/t8-,11+,14+,15-/m1/s1. The number of ketones is 1. The minimum Gasteiger partial charge on any atom is -0.299 e. The molecule has 2 aromatic rings. The van der Waals surface area contributed by atoms with E-state index in [-0.39, 0.29) is 35.4 Å². The van der Waals surface area contributed by atoms with Crippen LogP contribution in [-0.2, 0) is 14.4 Å². The smallest absolute Gasteiger partial charge is 0.238 e. The van der Waals surface area contributed by atoms with Gasteiger partial charge in [-0.1, -0.05) is 0 Å². The van der Waals surface area contributed by atoms with Crippen molar-refractivity contribution in [1.29, 1.82) is 0 Å². The molecular weight excluding hydrogens is 294 g/mol. The molecule has 1 N–H and O–H groups in total. The van der Waals surface area contributed by atoms with E-state index in [4.69, 9.17) is 0 Å². The molecule has 6 heteroatoms. The number of carbonyl (C=O) groups excluding carboxylic acids is 3. The highest BCUT2D eigenvalue weighted by Crippen LogP contribution is 2.52. The van der Waals surface area contributed by atoms with Crippen LogP contribution in [0.2, 0.25) is 0 Å². The Kier molecular flexibility index (Phi) is 2.42. The van der Waals surface area contributed by atoms with Gasteiger partial charge in [0.25, 0.3) is 0 Å². The van der Waals surface area contributed by atoms with Crippen molar-refractivity contribution in [3.8, 4) is 0 Å². The van der Waals surface area contributed by atoms with E-state index >= 15 is 0 Å². The highest BCUT2D eigenvalue weighted by Gasteiger charge is 2.60. The lowest BCUT2D eigenvalue weighted by molar-refractivity contribution is -0.143. The number of hydrogen-bond donors (Lipinski definition) is 1. The predicted molar refractivity (Wildman–Crippen MR) is 81.4 cm³/mol. The van der Waals surface area contributed by atoms with Crippen molar-refractivity contribution in [3.63, 3.8) is 0 Å². The Labute approximate surface area is 131 Å². The van der Waals surface area contributed by atoms with Gasteiger partial charge < -0.3 is 0 Å². The molecule has 2 bridgehead atoms. The van der Waals surface area contributed by atoms with Gasteiger partial charge in [-0.3, -0.25) is 24.4 Å². The quantitative estimate of drug-likeness (QED) is 0.812. The summed E-state index contributed by atoms with van der Waals surface area (Å²) in [5, 5.41) is 7.68. The van der Waals surface area contributed by atoms with Gasteiger partial charge >= 0.3 is 0 Å². The van der Waals surface area contributed by atoms with Crippen LogP contribution in [0.15, 0.2) is 24.4 Å². The molecule has 0 spiro atoms. The molecule has 4 atom stereocenters. The van der Waals surface area contributed by atoms with Crippen molar-refractivity contribution in [1.82, 2.24) is 10.2 Å². The number of aromatic nitrogens is 2. The van der Waals surface area contributed by atoms with Gasteiger partial charge in [0.15, 0.2) is 0 Å².